The first kappa shape index (κ1) is 15.7. The number of rotatable bonds is 0. The predicted molar refractivity (Wildman–Crippen MR) is 17.5 cm³/mol. The molecular weight excluding hydrogens is 126 g/mol. The number of hydrogen-bond donors (Lipinski definition) is 0. The molecule has 0 spiro atoms. The van der Waals surface area contributed by atoms with Gasteiger partial charge < -0.3 is 15.5 Å². The van der Waals surface area contributed by atoms with E-state index in [2.05, 4.69) is 0 Å². The van der Waals surface area contributed by atoms with Crippen LogP contribution in [0.3, 0.4) is 0 Å². The Labute approximate surface area is 71.2 Å². The van der Waals surface area contributed by atoms with Crippen molar-refractivity contribution in [2.75, 3.05) is 0 Å². The van der Waals surface area contributed by atoms with Crippen LogP contribution in [0, 0.1) is 0 Å². The Morgan fingerprint density at radius 2 is 1.50 bits per heavy atom. The van der Waals surface area contributed by atoms with Crippen LogP contribution in [0.5, 0.6) is 0 Å². The van der Waals surface area contributed by atoms with Crippen molar-refractivity contribution in [3.8, 4) is 0 Å². The van der Waals surface area contributed by atoms with Crippen LogP contribution in [-0.2, 0) is 4.46 Å². The Balaban J connectivity index is -0.0000000150. The third-order valence-electron chi connectivity index (χ3n) is 0. The summed E-state index contributed by atoms with van der Waals surface area (Å²) in [4.78, 5) is 17.0. The zero-order valence-electron chi connectivity index (χ0n) is 3.72. The van der Waals surface area contributed by atoms with Crippen molar-refractivity contribution < 1.29 is 45.0 Å². The van der Waals surface area contributed by atoms with Gasteiger partial charge in [-0.15, -0.1) is 0 Å². The Morgan fingerprint density at radius 3 is 1.50 bits per heavy atom. The third-order valence-corrected chi connectivity index (χ3v) is 0. The van der Waals surface area contributed by atoms with Gasteiger partial charge >= 0.3 is 29.6 Å². The van der Waals surface area contributed by atoms with E-state index in [9.17, 15) is 0 Å². The molecule has 0 rings (SSSR count). The molecule has 0 aliphatic carbocycles. The Kier molecular flexibility index (Phi) is 24.8. The summed E-state index contributed by atoms with van der Waals surface area (Å²) < 4.78 is 8.52. The number of hydrogen-bond acceptors (Lipinski definition) is 3. The zero-order chi connectivity index (χ0) is 3.58. The van der Waals surface area contributed by atoms with Gasteiger partial charge in [-0.2, -0.15) is 0 Å². The van der Waals surface area contributed by atoms with Crippen LogP contribution in [0.2, 0.25) is 0 Å². The Morgan fingerprint density at radius 1 is 1.50 bits per heavy atom. The van der Waals surface area contributed by atoms with Crippen molar-refractivity contribution in [1.29, 1.82) is 0 Å². The minimum absolute atomic E-state index is 0. The summed E-state index contributed by atoms with van der Waals surface area (Å²) in [6, 6.07) is 0. The van der Waals surface area contributed by atoms with E-state index in [0.717, 1.165) is 0 Å². The normalized spacial score (nSPS) is 4.00. The smallest absolute Gasteiger partial charge is 1.00 e. The van der Waals surface area contributed by atoms with Gasteiger partial charge in [-0.1, -0.05) is 0 Å². The molecule has 6 heteroatoms. The summed E-state index contributed by atoms with van der Waals surface area (Å²) in [6.07, 6.45) is 0. The molecular formula is H4AlNaO3Si-2. The summed E-state index contributed by atoms with van der Waals surface area (Å²) in [6.45, 7) is 0. The second kappa shape index (κ2) is 9.47. The topological polar surface area (TPSA) is 63.2 Å². The van der Waals surface area contributed by atoms with Crippen molar-refractivity contribution in [3.05, 3.63) is 0 Å². The molecule has 0 N–H and O–H groups in total. The van der Waals surface area contributed by atoms with Gasteiger partial charge in [-0.3, -0.25) is 0 Å². The molecule has 6 heavy (non-hydrogen) atoms. The second-order valence-electron chi connectivity index (χ2n) is 0.250. The van der Waals surface area contributed by atoms with E-state index in [1.54, 1.807) is 0 Å². The molecule has 0 aliphatic heterocycles. The van der Waals surface area contributed by atoms with Crippen LogP contribution in [0.4, 0.5) is 0 Å². The molecule has 0 unspecified atom stereocenters. The molecule has 0 heterocycles. The van der Waals surface area contributed by atoms with E-state index in [-0.39, 0.29) is 48.3 Å². The average Bonchev–Trinajstić information content (AvgIpc) is 0.811. The van der Waals surface area contributed by atoms with Gasteiger partial charge in [0.1, 0.15) is 0 Å². The van der Waals surface area contributed by atoms with Gasteiger partial charge in [-0.25, -0.2) is 0 Å². The largest absolute Gasteiger partial charge is 1.00 e. The van der Waals surface area contributed by atoms with Crippen LogP contribution >= 0.6 is 0 Å². The Bertz CT molecular complexity index is 37.9. The maximum absolute atomic E-state index is 8.52. The molecule has 0 aromatic rings. The predicted octanol–water partition coefficient (Wildman–Crippen LogP) is -6.94. The molecule has 0 bridgehead atoms. The van der Waals surface area contributed by atoms with Crippen LogP contribution in [-0.4, -0.2) is 26.5 Å². The fourth-order valence-electron chi connectivity index (χ4n) is 0. The maximum Gasteiger partial charge on any atom is 1.00 e. The van der Waals surface area contributed by atoms with Crippen LogP contribution in [0.25, 0.3) is 0 Å². The summed E-state index contributed by atoms with van der Waals surface area (Å²) in [7, 11) is -3.63. The van der Waals surface area contributed by atoms with E-state index in [4.69, 9.17) is 14.1 Å². The van der Waals surface area contributed by atoms with Gasteiger partial charge in [-0.05, 0) is 0 Å². The molecule has 0 aromatic heterocycles. The quantitative estimate of drug-likeness (QED) is 0.306. The van der Waals surface area contributed by atoms with Crippen LogP contribution in [0.15, 0.2) is 0 Å². The Hall–Kier alpha value is 1.15. The maximum atomic E-state index is 8.52. The fourth-order valence-corrected chi connectivity index (χ4v) is 0. The molecule has 0 aliphatic rings. The minimum Gasteiger partial charge on any atom is -1.00 e. The van der Waals surface area contributed by atoms with Crippen molar-refractivity contribution >= 4 is 26.5 Å². The first-order chi connectivity index (χ1) is 1.73. The van der Waals surface area contributed by atoms with E-state index in [1.165, 1.54) is 0 Å². The van der Waals surface area contributed by atoms with E-state index >= 15 is 0 Å². The molecule has 0 aromatic carbocycles. The minimum atomic E-state index is -3.63. The summed E-state index contributed by atoms with van der Waals surface area (Å²) >= 11 is 0. The first-order valence-electron chi connectivity index (χ1n) is 0.612. The second-order valence-corrected chi connectivity index (χ2v) is 0.750. The molecule has 32 valence electrons. The van der Waals surface area contributed by atoms with Gasteiger partial charge in [0, 0.05) is 9.17 Å². The van der Waals surface area contributed by atoms with Crippen molar-refractivity contribution in [3.63, 3.8) is 0 Å². The van der Waals surface area contributed by atoms with E-state index in [1.807, 2.05) is 0 Å². The standard InChI is InChI=1S/Al.Na.O3Si.4H/c;;1-4(2)3;;;;/q;+1;-2;;;;-1. The van der Waals surface area contributed by atoms with Crippen molar-refractivity contribution in [2.45, 2.75) is 0 Å². The van der Waals surface area contributed by atoms with E-state index < -0.39 is 9.17 Å². The van der Waals surface area contributed by atoms with E-state index in [0.29, 0.717) is 0 Å². The van der Waals surface area contributed by atoms with Gasteiger partial charge in [0.15, 0.2) is 17.4 Å². The fraction of sp³-hybridized carbons (Fsp3) is 0. The summed E-state index contributed by atoms with van der Waals surface area (Å²) in [5.74, 6) is 0. The van der Waals surface area contributed by atoms with Crippen molar-refractivity contribution in [2.24, 2.45) is 0 Å². The molecule has 0 amide bonds. The molecule has 0 saturated carbocycles. The zero-order valence-corrected chi connectivity index (χ0v) is 5.72. The summed E-state index contributed by atoms with van der Waals surface area (Å²) in [5, 5.41) is 0. The average molecular weight is 130 g/mol. The SMILES string of the molecule is O=[Si]([O-])[O-].[AlH3].[H-].[Na+]. The molecule has 0 fully saturated rings. The molecule has 0 radical (unpaired) electrons. The summed E-state index contributed by atoms with van der Waals surface area (Å²) in [5.41, 5.74) is 0. The van der Waals surface area contributed by atoms with Gasteiger partial charge in [0.2, 0.25) is 0 Å². The van der Waals surface area contributed by atoms with Gasteiger partial charge in [0.25, 0.3) is 0 Å². The monoisotopic (exact) mass is 130 g/mol. The molecule has 3 nitrogen and oxygen atoms in total. The third kappa shape index (κ3) is 67.1. The first-order valence-corrected chi connectivity index (χ1v) is 1.84. The van der Waals surface area contributed by atoms with Crippen LogP contribution in [0.1, 0.15) is 1.43 Å². The van der Waals surface area contributed by atoms with Gasteiger partial charge in [0.05, 0.1) is 0 Å². The molecule has 0 saturated heterocycles. The van der Waals surface area contributed by atoms with Crippen molar-refractivity contribution in [1.82, 2.24) is 0 Å². The molecule has 0 atom stereocenters. The van der Waals surface area contributed by atoms with Crippen LogP contribution < -0.4 is 39.1 Å².